The second-order valence-electron chi connectivity index (χ2n) is 6.44. The Balaban J connectivity index is 0.000000156. The molecule has 4 rings (SSSR count). The van der Waals surface area contributed by atoms with Gasteiger partial charge in [0, 0.05) is 0 Å². The molecule has 0 aliphatic rings. The average Bonchev–Trinajstić information content (AvgIpc) is 3.25. The molecule has 4 aromatic carbocycles. The van der Waals surface area contributed by atoms with Gasteiger partial charge in [-0.25, -0.2) is 0 Å². The zero-order chi connectivity index (χ0) is 19.3. The Hall–Kier alpha value is -1.02. The fraction of sp³-hybridized carbons (Fsp3) is 0.174. The fourth-order valence-electron chi connectivity index (χ4n) is 3.07. The molecule has 26 heavy (non-hydrogen) atoms. The van der Waals surface area contributed by atoms with Crippen molar-refractivity contribution < 1.29 is 18.6 Å². The third kappa shape index (κ3) is 5.49. The van der Waals surface area contributed by atoms with Crippen LogP contribution in [0.3, 0.4) is 0 Å². The topological polar surface area (TPSA) is 0 Å². The molecule has 0 saturated carbocycles. The van der Waals surface area contributed by atoms with E-state index in [9.17, 15) is 0 Å². The zero-order valence-electron chi connectivity index (χ0n) is 15.7. The Bertz CT molecular complexity index is 867. The molecule has 3 heteroatoms. The molecule has 0 heterocycles. The summed E-state index contributed by atoms with van der Waals surface area (Å²) in [5.41, 5.74) is 5.48. The summed E-state index contributed by atoms with van der Waals surface area (Å²) in [5.74, 6) is 0. The van der Waals surface area contributed by atoms with Crippen LogP contribution < -0.4 is 0 Å². The number of hydrogen-bond donors (Lipinski definition) is 0. The van der Waals surface area contributed by atoms with E-state index in [0.29, 0.717) is 0 Å². The Kier molecular flexibility index (Phi) is 8.01. The second kappa shape index (κ2) is 9.78. The van der Waals surface area contributed by atoms with E-state index in [2.05, 4.69) is 92.6 Å². The van der Waals surface area contributed by atoms with Gasteiger partial charge in [0.05, 0.1) is 0 Å². The van der Waals surface area contributed by atoms with E-state index in [0.717, 1.165) is 0 Å². The van der Waals surface area contributed by atoms with Crippen molar-refractivity contribution >= 4 is 43.0 Å². The number of fused-ring (bicyclic) bond motifs is 2. The molecule has 0 aliphatic carbocycles. The van der Waals surface area contributed by atoms with Gasteiger partial charge >= 0.3 is 40.0 Å². The molecule has 0 aliphatic heterocycles. The number of halogens is 2. The zero-order valence-corrected chi connectivity index (χ0v) is 20.8. The van der Waals surface area contributed by atoms with Crippen LogP contribution in [0.1, 0.15) is 22.3 Å². The first-order valence-electron chi connectivity index (χ1n) is 8.54. The number of rotatable bonds is 0. The summed E-state index contributed by atoms with van der Waals surface area (Å²) in [5, 5.41) is 5.57. The van der Waals surface area contributed by atoms with Gasteiger partial charge < -0.3 is 0 Å². The van der Waals surface area contributed by atoms with Crippen LogP contribution in [-0.4, -0.2) is 4.26 Å². The van der Waals surface area contributed by atoms with Gasteiger partial charge in [0.1, 0.15) is 0 Å². The summed E-state index contributed by atoms with van der Waals surface area (Å²) in [4.78, 5) is 0. The minimum atomic E-state index is -1.96. The normalized spacial score (nSPS) is 10.1. The van der Waals surface area contributed by atoms with Crippen LogP contribution in [0, 0.1) is 27.7 Å². The molecule has 0 aromatic heterocycles. The van der Waals surface area contributed by atoms with Crippen LogP contribution in [0.25, 0.3) is 21.5 Å². The van der Waals surface area contributed by atoms with Gasteiger partial charge in [-0.2, -0.15) is 24.3 Å². The van der Waals surface area contributed by atoms with Crippen molar-refractivity contribution in [2.75, 3.05) is 0 Å². The molecule has 0 saturated heterocycles. The molecule has 4 aromatic rings. The molecule has 0 fully saturated rings. The molecule has 0 nitrogen and oxygen atoms in total. The average molecular weight is 550 g/mol. The Morgan fingerprint density at radius 1 is 0.654 bits per heavy atom. The second-order valence-corrected chi connectivity index (χ2v) is 17.9. The fourth-order valence-corrected chi connectivity index (χ4v) is 3.07. The van der Waals surface area contributed by atoms with E-state index in [1.807, 2.05) is 0 Å². The van der Waals surface area contributed by atoms with E-state index >= 15 is 0 Å². The molecule has 0 N–H and O–H groups in total. The molecule has 0 amide bonds. The first kappa shape index (κ1) is 21.3. The van der Waals surface area contributed by atoms with E-state index in [1.165, 1.54) is 43.8 Å². The summed E-state index contributed by atoms with van der Waals surface area (Å²) in [6.45, 7) is 8.62. The van der Waals surface area contributed by atoms with Gasteiger partial charge in [0.2, 0.25) is 0 Å². The van der Waals surface area contributed by atoms with E-state index in [-0.39, 0.29) is 0 Å². The van der Waals surface area contributed by atoms with Gasteiger partial charge in [-0.05, 0) is 13.8 Å². The van der Waals surface area contributed by atoms with Gasteiger partial charge in [-0.15, -0.1) is 56.9 Å². The van der Waals surface area contributed by atoms with Gasteiger partial charge in [-0.3, -0.25) is 0 Å². The predicted molar refractivity (Wildman–Crippen MR) is 117 cm³/mol. The van der Waals surface area contributed by atoms with Gasteiger partial charge in [0.15, 0.2) is 0 Å². The maximum atomic E-state index is 5.14. The molecular weight excluding hydrogens is 526 g/mol. The maximum absolute atomic E-state index is 5.14. The Morgan fingerprint density at radius 2 is 0.962 bits per heavy atom. The van der Waals surface area contributed by atoms with Crippen LogP contribution in [0.4, 0.5) is 0 Å². The van der Waals surface area contributed by atoms with Crippen LogP contribution >= 0.6 is 17.2 Å². The summed E-state index contributed by atoms with van der Waals surface area (Å²) < 4.78 is 3.38. The predicted octanol–water partition coefficient (Wildman–Crippen LogP) is 7.70. The standard InChI is InChI=1S/2C11H11.CH2.2ClH.Hf/c2*1-8-6-7-9(2)11-5-3-4-10(8)11;;;;/h2*3-7H,1-2H3;1H2;2*1H;/q2*-1;;;;+2/p-2. The van der Waals surface area contributed by atoms with Crippen molar-refractivity contribution in [3.05, 3.63) is 82.9 Å². The number of benzene rings is 2. The van der Waals surface area contributed by atoms with E-state index in [4.69, 9.17) is 17.2 Å². The Morgan fingerprint density at radius 3 is 1.27 bits per heavy atom. The first-order chi connectivity index (χ1) is 12.3. The van der Waals surface area contributed by atoms with Crippen molar-refractivity contribution in [2.45, 2.75) is 27.7 Å². The molecule has 0 radical (unpaired) electrons. The summed E-state index contributed by atoms with van der Waals surface area (Å²) in [6, 6.07) is 21.7. The summed E-state index contributed by atoms with van der Waals surface area (Å²) >= 11 is -1.96. The molecule has 0 bridgehead atoms. The van der Waals surface area contributed by atoms with Crippen LogP contribution in [0.5, 0.6) is 0 Å². The van der Waals surface area contributed by atoms with E-state index < -0.39 is 18.6 Å². The van der Waals surface area contributed by atoms with Crippen molar-refractivity contribution in [2.24, 2.45) is 0 Å². The monoisotopic (exact) mass is 550 g/mol. The third-order valence-corrected chi connectivity index (χ3v) is 4.50. The first-order valence-corrected chi connectivity index (χ1v) is 20.0. The van der Waals surface area contributed by atoms with E-state index in [1.54, 1.807) is 0 Å². The van der Waals surface area contributed by atoms with Crippen molar-refractivity contribution in [1.82, 2.24) is 0 Å². The van der Waals surface area contributed by atoms with Gasteiger partial charge in [0.25, 0.3) is 0 Å². The van der Waals surface area contributed by atoms with Crippen molar-refractivity contribution in [1.29, 1.82) is 0 Å². The van der Waals surface area contributed by atoms with Gasteiger partial charge in [-0.1, -0.05) is 37.1 Å². The number of hydrogen-bond acceptors (Lipinski definition) is 0. The Labute approximate surface area is 171 Å². The van der Waals surface area contributed by atoms with Crippen LogP contribution in [0.2, 0.25) is 0 Å². The van der Waals surface area contributed by atoms with Crippen LogP contribution in [-0.2, 0) is 18.6 Å². The SMILES string of the molecule is Cc1ccc(C)c2[cH-]ccc12.Cc1ccc(C)c2[cH-]ccc12.[CH2]=[Hf]([Cl])[Cl]. The molecule has 0 atom stereocenters. The number of aryl methyl sites for hydroxylation is 4. The quantitative estimate of drug-likeness (QED) is 0.156. The third-order valence-electron chi connectivity index (χ3n) is 4.50. The summed E-state index contributed by atoms with van der Waals surface area (Å²) in [7, 11) is 10.3. The molecule has 0 spiro atoms. The van der Waals surface area contributed by atoms with Crippen LogP contribution in [0.15, 0.2) is 60.7 Å². The summed E-state index contributed by atoms with van der Waals surface area (Å²) in [6.07, 6.45) is 0. The minimum absolute atomic E-state index is 1.37. The molecular formula is C23H24Cl2Hf-2. The van der Waals surface area contributed by atoms with Crippen molar-refractivity contribution in [3.63, 3.8) is 0 Å². The molecule has 136 valence electrons. The van der Waals surface area contributed by atoms with Crippen molar-refractivity contribution in [3.8, 4) is 0 Å². The molecule has 0 unspecified atom stereocenters.